The number of fused-ring (bicyclic) bond motifs is 2. The standard InChI is InChI=1S/C20H15Cl2N3O4/c1-2-29-20(28)14-16(12-8-5-9-13(21)15(12)22)24-18(26)10-6-3-4-7-11(10)19(27)25(24)17(14)23/h3-9,16H,2,23H2,1H3. The second kappa shape index (κ2) is 7.09. The van der Waals surface area contributed by atoms with E-state index in [-0.39, 0.29) is 38.8 Å². The minimum absolute atomic E-state index is 0.0504. The van der Waals surface area contributed by atoms with E-state index in [9.17, 15) is 14.4 Å². The molecule has 0 aliphatic carbocycles. The summed E-state index contributed by atoms with van der Waals surface area (Å²) in [6.45, 7) is 1.73. The summed E-state index contributed by atoms with van der Waals surface area (Å²) in [4.78, 5) is 39.2. The number of carbonyl (C=O) groups is 1. The van der Waals surface area contributed by atoms with Gasteiger partial charge in [-0.2, -0.15) is 4.68 Å². The van der Waals surface area contributed by atoms with Crippen LogP contribution in [0.15, 0.2) is 57.6 Å². The number of nitrogens with two attached hydrogens (primary N) is 1. The van der Waals surface area contributed by atoms with Crippen LogP contribution in [0.3, 0.4) is 0 Å². The lowest BCUT2D eigenvalue weighted by atomic mass is 9.99. The molecule has 1 aliphatic heterocycles. The number of aromatic nitrogens is 2. The molecule has 0 amide bonds. The lowest BCUT2D eigenvalue weighted by Crippen LogP contribution is -2.38. The van der Waals surface area contributed by atoms with Gasteiger partial charge in [-0.15, -0.1) is 0 Å². The number of esters is 1. The first-order chi connectivity index (χ1) is 13.9. The topological polar surface area (TPSA) is 96.3 Å². The van der Waals surface area contributed by atoms with Gasteiger partial charge >= 0.3 is 5.97 Å². The van der Waals surface area contributed by atoms with Crippen LogP contribution in [0, 0.1) is 0 Å². The first-order valence-electron chi connectivity index (χ1n) is 8.76. The molecule has 1 unspecified atom stereocenters. The smallest absolute Gasteiger partial charge is 0.340 e. The van der Waals surface area contributed by atoms with Crippen molar-refractivity contribution < 1.29 is 9.53 Å². The number of hydrogen-bond donors (Lipinski definition) is 1. The Morgan fingerprint density at radius 1 is 1.07 bits per heavy atom. The van der Waals surface area contributed by atoms with Crippen LogP contribution in [-0.4, -0.2) is 21.9 Å². The first-order valence-corrected chi connectivity index (χ1v) is 9.51. The van der Waals surface area contributed by atoms with Crippen LogP contribution >= 0.6 is 23.2 Å². The van der Waals surface area contributed by atoms with Crippen LogP contribution in [0.2, 0.25) is 10.0 Å². The molecule has 7 nitrogen and oxygen atoms in total. The molecule has 2 N–H and O–H groups in total. The highest BCUT2D eigenvalue weighted by Crippen LogP contribution is 2.39. The third kappa shape index (κ3) is 2.77. The van der Waals surface area contributed by atoms with E-state index in [0.717, 1.165) is 9.36 Å². The summed E-state index contributed by atoms with van der Waals surface area (Å²) in [5, 5.41) is 0.780. The second-order valence-corrected chi connectivity index (χ2v) is 7.16. The van der Waals surface area contributed by atoms with Crippen molar-refractivity contribution in [3.05, 3.63) is 84.4 Å². The minimum atomic E-state index is -1.06. The Balaban J connectivity index is 2.15. The molecule has 3 aromatic rings. The van der Waals surface area contributed by atoms with Crippen LogP contribution in [0.25, 0.3) is 16.6 Å². The maximum absolute atomic E-state index is 13.3. The zero-order chi connectivity index (χ0) is 20.9. The summed E-state index contributed by atoms with van der Waals surface area (Å²) in [7, 11) is 0. The molecule has 0 saturated heterocycles. The van der Waals surface area contributed by atoms with Crippen molar-refractivity contribution in [1.29, 1.82) is 0 Å². The summed E-state index contributed by atoms with van der Waals surface area (Å²) in [6, 6.07) is 10.1. The molecular formula is C20H15Cl2N3O4. The monoisotopic (exact) mass is 431 g/mol. The van der Waals surface area contributed by atoms with Gasteiger partial charge in [-0.3, -0.25) is 9.59 Å². The summed E-state index contributed by atoms with van der Waals surface area (Å²) in [6.07, 6.45) is 0. The van der Waals surface area contributed by atoms with E-state index in [4.69, 9.17) is 33.7 Å². The molecule has 1 atom stereocenters. The van der Waals surface area contributed by atoms with Gasteiger partial charge in [-0.05, 0) is 25.1 Å². The maximum Gasteiger partial charge on any atom is 0.340 e. The van der Waals surface area contributed by atoms with Crippen LogP contribution in [0.5, 0.6) is 0 Å². The zero-order valence-electron chi connectivity index (χ0n) is 15.2. The Morgan fingerprint density at radius 2 is 1.72 bits per heavy atom. The Bertz CT molecular complexity index is 1320. The average Bonchev–Trinajstić information content (AvgIpc) is 3.02. The Morgan fingerprint density at radius 3 is 2.38 bits per heavy atom. The average molecular weight is 432 g/mol. The highest BCUT2D eigenvalue weighted by atomic mass is 35.5. The van der Waals surface area contributed by atoms with E-state index in [2.05, 4.69) is 0 Å². The third-order valence-electron chi connectivity index (χ3n) is 4.80. The summed E-state index contributed by atoms with van der Waals surface area (Å²) in [5.41, 5.74) is 5.48. The van der Waals surface area contributed by atoms with Crippen LogP contribution in [0.1, 0.15) is 18.5 Å². The van der Waals surface area contributed by atoms with Gasteiger partial charge in [-0.25, -0.2) is 9.48 Å². The van der Waals surface area contributed by atoms with Gasteiger partial charge < -0.3 is 10.5 Å². The highest BCUT2D eigenvalue weighted by Gasteiger charge is 2.40. The molecule has 0 bridgehead atoms. The van der Waals surface area contributed by atoms with Gasteiger partial charge in [0.25, 0.3) is 11.1 Å². The number of nitrogens with zero attached hydrogens (tertiary/aromatic N) is 2. The number of ether oxygens (including phenoxy) is 1. The van der Waals surface area contributed by atoms with Crippen LogP contribution < -0.4 is 16.9 Å². The highest BCUT2D eigenvalue weighted by molar-refractivity contribution is 6.42. The quantitative estimate of drug-likeness (QED) is 0.643. The number of benzene rings is 2. The van der Waals surface area contributed by atoms with Gasteiger partial charge in [0.05, 0.1) is 27.4 Å². The lowest BCUT2D eigenvalue weighted by molar-refractivity contribution is -0.138. The van der Waals surface area contributed by atoms with Gasteiger partial charge in [-0.1, -0.05) is 47.5 Å². The van der Waals surface area contributed by atoms with E-state index in [1.54, 1.807) is 43.3 Å². The number of carbonyl (C=O) groups excluding carboxylic acids is 1. The molecule has 0 fully saturated rings. The molecular weight excluding hydrogens is 417 g/mol. The van der Waals surface area contributed by atoms with Gasteiger partial charge in [0.15, 0.2) is 0 Å². The molecule has 9 heteroatoms. The Kier molecular flexibility index (Phi) is 4.72. The summed E-state index contributed by atoms with van der Waals surface area (Å²) < 4.78 is 7.27. The zero-order valence-corrected chi connectivity index (χ0v) is 16.7. The van der Waals surface area contributed by atoms with E-state index in [0.29, 0.717) is 5.56 Å². The molecule has 148 valence electrons. The lowest BCUT2D eigenvalue weighted by Gasteiger charge is -2.19. The molecule has 1 aromatic heterocycles. The molecule has 2 aromatic carbocycles. The second-order valence-electron chi connectivity index (χ2n) is 6.38. The minimum Gasteiger partial charge on any atom is -0.462 e. The maximum atomic E-state index is 13.3. The molecule has 0 radical (unpaired) electrons. The van der Waals surface area contributed by atoms with Gasteiger partial charge in [0.1, 0.15) is 17.4 Å². The molecule has 0 spiro atoms. The van der Waals surface area contributed by atoms with Gasteiger partial charge in [0.2, 0.25) is 0 Å². The predicted molar refractivity (Wildman–Crippen MR) is 111 cm³/mol. The normalized spacial score (nSPS) is 15.6. The first kappa shape index (κ1) is 19.3. The molecule has 4 rings (SSSR count). The molecule has 1 aliphatic rings. The van der Waals surface area contributed by atoms with E-state index in [1.807, 2.05) is 0 Å². The molecule has 29 heavy (non-hydrogen) atoms. The van der Waals surface area contributed by atoms with Crippen LogP contribution in [-0.2, 0) is 9.53 Å². The van der Waals surface area contributed by atoms with E-state index >= 15 is 0 Å². The Labute approximate surface area is 174 Å². The van der Waals surface area contributed by atoms with E-state index < -0.39 is 23.1 Å². The Hall–Kier alpha value is -3.03. The SMILES string of the molecule is CCOC(=O)C1=C(N)n2c(=O)c3ccccc3c(=O)n2C1c1cccc(Cl)c1Cl. The van der Waals surface area contributed by atoms with Crippen molar-refractivity contribution in [2.45, 2.75) is 13.0 Å². The largest absolute Gasteiger partial charge is 0.462 e. The van der Waals surface area contributed by atoms with E-state index in [1.165, 1.54) is 6.07 Å². The number of halogens is 2. The number of hydrogen-bond acceptors (Lipinski definition) is 5. The van der Waals surface area contributed by atoms with Crippen molar-refractivity contribution in [2.75, 3.05) is 6.61 Å². The number of rotatable bonds is 3. The van der Waals surface area contributed by atoms with Crippen molar-refractivity contribution in [3.8, 4) is 0 Å². The fourth-order valence-electron chi connectivity index (χ4n) is 3.56. The fourth-order valence-corrected chi connectivity index (χ4v) is 3.97. The summed E-state index contributed by atoms with van der Waals surface area (Å²) in [5.74, 6) is -0.928. The fraction of sp³-hybridized carbons (Fsp3) is 0.150. The molecule has 0 saturated carbocycles. The van der Waals surface area contributed by atoms with Crippen molar-refractivity contribution >= 4 is 45.8 Å². The van der Waals surface area contributed by atoms with Gasteiger partial charge in [0, 0.05) is 5.56 Å². The van der Waals surface area contributed by atoms with Crippen LogP contribution in [0.4, 0.5) is 0 Å². The predicted octanol–water partition coefficient (Wildman–Crippen LogP) is 2.76. The molecule has 2 heterocycles. The van der Waals surface area contributed by atoms with Crippen molar-refractivity contribution in [3.63, 3.8) is 0 Å². The summed E-state index contributed by atoms with van der Waals surface area (Å²) >= 11 is 12.6. The van der Waals surface area contributed by atoms with Crippen molar-refractivity contribution in [1.82, 2.24) is 9.36 Å². The van der Waals surface area contributed by atoms with Crippen molar-refractivity contribution in [2.24, 2.45) is 5.73 Å². The third-order valence-corrected chi connectivity index (χ3v) is 5.63.